The number of ether oxygens (including phenoxy) is 2. The molecule has 0 saturated heterocycles. The normalized spacial score (nSPS) is 14.4. The van der Waals surface area contributed by atoms with Gasteiger partial charge in [0.05, 0.1) is 34.9 Å². The number of aliphatic imine (C=N–C) groups is 1. The van der Waals surface area contributed by atoms with Crippen molar-refractivity contribution in [2.24, 2.45) is 12.0 Å². The monoisotopic (exact) mass is 894 g/mol. The average molecular weight is 895 g/mol. The van der Waals surface area contributed by atoms with Gasteiger partial charge in [-0.05, 0) is 96.2 Å². The number of alkyl carbamates (subject to hydrolysis) is 1. The number of nitrogens with zero attached hydrogens (tertiary/aromatic N) is 8. The molecule has 6 rings (SSSR count). The van der Waals surface area contributed by atoms with Crippen molar-refractivity contribution >= 4 is 52.5 Å². The first kappa shape index (κ1) is 46.3. The molecule has 0 spiro atoms. The molecule has 16 nitrogen and oxygen atoms in total. The lowest BCUT2D eigenvalue weighted by molar-refractivity contribution is 0.00689. The van der Waals surface area contributed by atoms with Crippen molar-refractivity contribution in [2.75, 3.05) is 25.5 Å². The number of carbonyl (C=O) groups excluding carboxylic acids is 2. The van der Waals surface area contributed by atoms with Crippen molar-refractivity contribution in [3.63, 3.8) is 0 Å². The number of amides is 1. The minimum atomic E-state index is -1.42. The third-order valence-electron chi connectivity index (χ3n) is 9.81. The Morgan fingerprint density at radius 1 is 0.905 bits per heavy atom. The Balaban J connectivity index is 1.29. The highest BCUT2D eigenvalue weighted by molar-refractivity contribution is 6.34. The Morgan fingerprint density at radius 2 is 1.62 bits per heavy atom. The van der Waals surface area contributed by atoms with Crippen LogP contribution >= 0.6 is 11.6 Å². The van der Waals surface area contributed by atoms with E-state index in [0.717, 1.165) is 14.7 Å². The Kier molecular flexibility index (Phi) is 13.7. The summed E-state index contributed by atoms with van der Waals surface area (Å²) in [4.78, 5) is 62.0. The first-order chi connectivity index (χ1) is 29.6. The van der Waals surface area contributed by atoms with Gasteiger partial charge in [0, 0.05) is 50.4 Å². The van der Waals surface area contributed by atoms with E-state index < -0.39 is 70.4 Å². The molecule has 0 fully saturated rings. The summed E-state index contributed by atoms with van der Waals surface area (Å²) >= 11 is 6.84. The van der Waals surface area contributed by atoms with Gasteiger partial charge in [-0.15, -0.1) is 0 Å². The molecule has 0 bridgehead atoms. The number of aryl methyl sites for hydroxylation is 2. The molecule has 0 aliphatic carbocycles. The third kappa shape index (κ3) is 11.4. The summed E-state index contributed by atoms with van der Waals surface area (Å²) < 4.78 is 57.9. The number of nitrogens with one attached hydrogen (secondary N) is 2. The van der Waals surface area contributed by atoms with Gasteiger partial charge in [0.2, 0.25) is 5.95 Å². The van der Waals surface area contributed by atoms with Gasteiger partial charge in [-0.2, -0.15) is 15.1 Å². The number of aromatic nitrogens is 5. The van der Waals surface area contributed by atoms with E-state index in [1.165, 1.54) is 0 Å². The van der Waals surface area contributed by atoms with Gasteiger partial charge in [0.25, 0.3) is 0 Å². The first-order valence-electron chi connectivity index (χ1n) is 20.2. The zero-order chi connectivity index (χ0) is 46.0. The lowest BCUT2D eigenvalue weighted by atomic mass is 10.0. The minimum absolute atomic E-state index is 0.138. The van der Waals surface area contributed by atoms with Crippen LogP contribution < -0.4 is 22.0 Å². The number of hydrogen-bond donors (Lipinski definition) is 2. The van der Waals surface area contributed by atoms with E-state index >= 15 is 4.39 Å². The number of fused-ring (bicyclic) bond motifs is 1. The fourth-order valence-electron chi connectivity index (χ4n) is 6.85. The van der Waals surface area contributed by atoms with Crippen LogP contribution in [0.4, 0.5) is 29.6 Å². The predicted molar refractivity (Wildman–Crippen MR) is 232 cm³/mol. The number of likely N-dealkylation sites (N-methyl/N-ethyl adjacent to an activating group) is 1. The molecule has 2 aromatic heterocycles. The van der Waals surface area contributed by atoms with Crippen molar-refractivity contribution in [1.82, 2.24) is 39.2 Å². The maximum Gasteiger partial charge on any atom is 0.407 e. The molecule has 5 aromatic rings. The van der Waals surface area contributed by atoms with E-state index in [1.54, 1.807) is 107 Å². The van der Waals surface area contributed by atoms with Crippen LogP contribution in [0.25, 0.3) is 10.9 Å². The summed E-state index contributed by atoms with van der Waals surface area (Å²) in [6.07, 6.45) is 3.16. The van der Waals surface area contributed by atoms with Crippen LogP contribution in [0.15, 0.2) is 63.2 Å². The summed E-state index contributed by atoms with van der Waals surface area (Å²) in [6.45, 7) is 10.3. The topological polar surface area (TPSA) is 170 Å². The molecule has 3 heterocycles. The van der Waals surface area contributed by atoms with E-state index in [4.69, 9.17) is 21.1 Å². The van der Waals surface area contributed by atoms with Gasteiger partial charge >= 0.3 is 23.4 Å². The van der Waals surface area contributed by atoms with E-state index in [1.807, 2.05) is 6.07 Å². The van der Waals surface area contributed by atoms with E-state index in [-0.39, 0.29) is 29.7 Å². The van der Waals surface area contributed by atoms with Crippen molar-refractivity contribution in [1.29, 1.82) is 0 Å². The highest BCUT2D eigenvalue weighted by Gasteiger charge is 2.28. The highest BCUT2D eigenvalue weighted by Crippen LogP contribution is 2.36. The summed E-state index contributed by atoms with van der Waals surface area (Å²) in [7, 11) is 3.45. The number of hydrogen-bond acceptors (Lipinski definition) is 12. The molecular formula is C43H50ClF3N10O6. The Morgan fingerprint density at radius 3 is 2.33 bits per heavy atom. The van der Waals surface area contributed by atoms with Gasteiger partial charge in [-0.3, -0.25) is 19.3 Å². The fourth-order valence-corrected chi connectivity index (χ4v) is 7.12. The lowest BCUT2D eigenvalue weighted by Crippen LogP contribution is -2.48. The molecule has 20 heteroatoms. The second-order valence-corrected chi connectivity index (χ2v) is 17.5. The summed E-state index contributed by atoms with van der Waals surface area (Å²) in [6, 6.07) is 9.67. The SMILES string of the molecule is CN1C(Cn2c(=O)nc(Nc3c(Cl)cc4nn(C)cc4c3CCCNC(=O)OC(C)(C)C)n(Cc3cc(F)c(F)cc3F)c2=O)N=CN1CCc1cccc(C(=O)OC(C)(C)C)c1. The van der Waals surface area contributed by atoms with E-state index in [2.05, 4.69) is 25.7 Å². The van der Waals surface area contributed by atoms with Crippen molar-refractivity contribution in [3.05, 3.63) is 114 Å². The Labute approximate surface area is 366 Å². The van der Waals surface area contributed by atoms with Gasteiger partial charge in [0.1, 0.15) is 29.5 Å². The molecule has 1 aliphatic heterocycles. The molecular weight excluding hydrogens is 845 g/mol. The number of rotatable bonds is 14. The summed E-state index contributed by atoms with van der Waals surface area (Å²) in [5, 5.41) is 14.5. The van der Waals surface area contributed by atoms with Crippen molar-refractivity contribution < 1.29 is 32.2 Å². The van der Waals surface area contributed by atoms with E-state index in [0.29, 0.717) is 60.0 Å². The maximum atomic E-state index is 15.2. The quantitative estimate of drug-likeness (QED) is 0.0726. The number of carbonyl (C=O) groups is 2. The van der Waals surface area contributed by atoms with Crippen LogP contribution in [0.5, 0.6) is 0 Å². The van der Waals surface area contributed by atoms with Crippen LogP contribution in [0.1, 0.15) is 75.0 Å². The molecule has 1 atom stereocenters. The third-order valence-corrected chi connectivity index (χ3v) is 10.1. The summed E-state index contributed by atoms with van der Waals surface area (Å²) in [5.41, 5.74) is -1.03. The standard InChI is InChI=1S/C43H50ClF3N10O6/c1-42(2,3)62-37(58)26-12-9-11-25(17-26)14-16-55-24-49-35(54(55)8)23-57-39(59)51-38(56(41(57)61)21-27-18-32(46)33(47)20-31(27)45)50-36-28(13-10-15-48-40(60)63-43(4,5)6)29-22-53(7)52-34(29)19-30(36)44/h9,11-12,17-20,22,24,35H,10,13-16,21,23H2,1-8H3,(H,48,60)(H,50,51,59). The predicted octanol–water partition coefficient (Wildman–Crippen LogP) is 6.33. The highest BCUT2D eigenvalue weighted by atomic mass is 35.5. The number of esters is 1. The van der Waals surface area contributed by atoms with Crippen LogP contribution in [0.2, 0.25) is 5.02 Å². The van der Waals surface area contributed by atoms with Gasteiger partial charge in [-0.25, -0.2) is 36.9 Å². The molecule has 1 unspecified atom stereocenters. The molecule has 0 saturated carbocycles. The number of hydrazine groups is 1. The lowest BCUT2D eigenvalue weighted by Gasteiger charge is -2.28. The zero-order valence-corrected chi connectivity index (χ0v) is 37.0. The van der Waals surface area contributed by atoms with Crippen molar-refractivity contribution in [2.45, 2.75) is 91.3 Å². The molecule has 0 radical (unpaired) electrons. The molecule has 63 heavy (non-hydrogen) atoms. The molecule has 1 aliphatic rings. The maximum absolute atomic E-state index is 15.2. The zero-order valence-electron chi connectivity index (χ0n) is 36.3. The fraction of sp³-hybridized carbons (Fsp3) is 0.419. The number of benzene rings is 3. The summed E-state index contributed by atoms with van der Waals surface area (Å²) in [5.74, 6) is -4.70. The molecule has 1 amide bonds. The molecule has 3 aromatic carbocycles. The minimum Gasteiger partial charge on any atom is -0.456 e. The number of halogens is 4. The largest absolute Gasteiger partial charge is 0.456 e. The molecule has 336 valence electrons. The van der Waals surface area contributed by atoms with E-state index in [9.17, 15) is 28.0 Å². The Hall–Kier alpha value is -6.21. The van der Waals surface area contributed by atoms with Crippen molar-refractivity contribution in [3.8, 4) is 0 Å². The van der Waals surface area contributed by atoms with Crippen LogP contribution in [-0.2, 0) is 42.5 Å². The van der Waals surface area contributed by atoms with Crippen LogP contribution in [-0.4, -0.2) is 89.8 Å². The van der Waals surface area contributed by atoms with Gasteiger partial charge in [0.15, 0.2) is 11.6 Å². The molecule has 2 N–H and O–H groups in total. The second-order valence-electron chi connectivity index (χ2n) is 17.1. The average Bonchev–Trinajstić information content (AvgIpc) is 3.73. The van der Waals surface area contributed by atoms with Gasteiger partial charge in [-0.1, -0.05) is 23.7 Å². The van der Waals surface area contributed by atoms with Crippen LogP contribution in [0.3, 0.4) is 0 Å². The second kappa shape index (κ2) is 18.6. The van der Waals surface area contributed by atoms with Gasteiger partial charge < -0.3 is 20.1 Å². The number of anilines is 2. The Bertz CT molecular complexity index is 2690. The van der Waals surface area contributed by atoms with Crippen LogP contribution in [0, 0.1) is 17.5 Å². The first-order valence-corrected chi connectivity index (χ1v) is 20.5. The smallest absolute Gasteiger partial charge is 0.407 e.